The number of anilines is 1. The predicted molar refractivity (Wildman–Crippen MR) is 85.2 cm³/mol. The predicted octanol–water partition coefficient (Wildman–Crippen LogP) is 3.05. The Morgan fingerprint density at radius 1 is 1.30 bits per heavy atom. The van der Waals surface area contributed by atoms with Crippen molar-refractivity contribution in [2.75, 3.05) is 25.1 Å². The third-order valence-corrected chi connectivity index (χ3v) is 4.64. The normalized spacial score (nSPS) is 26.8. The first-order valence-electron chi connectivity index (χ1n) is 7.75. The van der Waals surface area contributed by atoms with Crippen molar-refractivity contribution in [1.82, 2.24) is 5.32 Å². The van der Waals surface area contributed by atoms with E-state index in [1.165, 1.54) is 17.7 Å². The summed E-state index contributed by atoms with van der Waals surface area (Å²) in [6, 6.07) is 9.81. The maximum Gasteiger partial charge on any atom is 0.0733 e. The Morgan fingerprint density at radius 2 is 2.05 bits per heavy atom. The van der Waals surface area contributed by atoms with Crippen molar-refractivity contribution in [2.45, 2.75) is 45.9 Å². The Kier molecular flexibility index (Phi) is 5.44. The van der Waals surface area contributed by atoms with E-state index in [9.17, 15) is 0 Å². The highest BCUT2D eigenvalue weighted by atomic mass is 16.5. The standard InChI is InChI=1S/C17H28N2O/c1-5-18-16-10-11-19(14(3)13(16)2)17-9-7-6-8-15(17)12-20-4/h6-9,13-14,16,18H,5,10-12H2,1-4H3. The lowest BCUT2D eigenvalue weighted by Crippen LogP contribution is -2.53. The first-order chi connectivity index (χ1) is 9.69. The third-order valence-electron chi connectivity index (χ3n) is 4.64. The van der Waals surface area contributed by atoms with Gasteiger partial charge in [0.25, 0.3) is 0 Å². The summed E-state index contributed by atoms with van der Waals surface area (Å²) < 4.78 is 5.34. The average molecular weight is 276 g/mol. The van der Waals surface area contributed by atoms with Gasteiger partial charge in [0.05, 0.1) is 6.61 Å². The number of hydrogen-bond acceptors (Lipinski definition) is 3. The molecule has 0 bridgehead atoms. The van der Waals surface area contributed by atoms with Gasteiger partial charge in [-0.25, -0.2) is 0 Å². The number of ether oxygens (including phenoxy) is 1. The van der Waals surface area contributed by atoms with Crippen molar-refractivity contribution < 1.29 is 4.74 Å². The van der Waals surface area contributed by atoms with E-state index in [1.54, 1.807) is 7.11 Å². The second kappa shape index (κ2) is 7.09. The lowest BCUT2D eigenvalue weighted by molar-refractivity contribution is 0.184. The van der Waals surface area contributed by atoms with Gasteiger partial charge in [0, 0.05) is 37.0 Å². The van der Waals surface area contributed by atoms with Crippen LogP contribution in [-0.4, -0.2) is 32.3 Å². The van der Waals surface area contributed by atoms with Crippen LogP contribution in [0.4, 0.5) is 5.69 Å². The molecule has 1 aromatic carbocycles. The fourth-order valence-corrected chi connectivity index (χ4v) is 3.32. The highest BCUT2D eigenvalue weighted by Gasteiger charge is 2.32. The zero-order chi connectivity index (χ0) is 14.5. The van der Waals surface area contributed by atoms with Gasteiger partial charge in [0.15, 0.2) is 0 Å². The molecular weight excluding hydrogens is 248 g/mol. The highest BCUT2D eigenvalue weighted by Crippen LogP contribution is 2.31. The van der Waals surface area contributed by atoms with Crippen molar-refractivity contribution in [2.24, 2.45) is 5.92 Å². The molecule has 1 aliphatic heterocycles. The number of methoxy groups -OCH3 is 1. The molecule has 1 aliphatic rings. The molecule has 20 heavy (non-hydrogen) atoms. The van der Waals surface area contributed by atoms with Crippen molar-refractivity contribution >= 4 is 5.69 Å². The molecule has 0 radical (unpaired) electrons. The van der Waals surface area contributed by atoms with E-state index in [0.29, 0.717) is 24.6 Å². The van der Waals surface area contributed by atoms with Crippen molar-refractivity contribution in [3.63, 3.8) is 0 Å². The Morgan fingerprint density at radius 3 is 2.75 bits per heavy atom. The smallest absolute Gasteiger partial charge is 0.0733 e. The van der Waals surface area contributed by atoms with E-state index < -0.39 is 0 Å². The van der Waals surface area contributed by atoms with Gasteiger partial charge >= 0.3 is 0 Å². The van der Waals surface area contributed by atoms with E-state index in [-0.39, 0.29) is 0 Å². The highest BCUT2D eigenvalue weighted by molar-refractivity contribution is 5.54. The van der Waals surface area contributed by atoms with Crippen LogP contribution in [0.2, 0.25) is 0 Å². The molecule has 112 valence electrons. The van der Waals surface area contributed by atoms with Gasteiger partial charge in [0.2, 0.25) is 0 Å². The summed E-state index contributed by atoms with van der Waals surface area (Å²) in [4.78, 5) is 2.55. The van der Waals surface area contributed by atoms with Crippen LogP contribution in [0, 0.1) is 5.92 Å². The van der Waals surface area contributed by atoms with Crippen LogP contribution in [0.15, 0.2) is 24.3 Å². The molecule has 1 saturated heterocycles. The summed E-state index contributed by atoms with van der Waals surface area (Å²) in [6.07, 6.45) is 1.21. The first kappa shape index (κ1) is 15.3. The van der Waals surface area contributed by atoms with Crippen LogP contribution in [0.5, 0.6) is 0 Å². The van der Waals surface area contributed by atoms with Gasteiger partial charge in [-0.3, -0.25) is 0 Å². The second-order valence-corrected chi connectivity index (χ2v) is 5.81. The van der Waals surface area contributed by atoms with Crippen molar-refractivity contribution in [1.29, 1.82) is 0 Å². The van der Waals surface area contributed by atoms with Gasteiger partial charge in [-0.05, 0) is 31.9 Å². The van der Waals surface area contributed by atoms with E-state index in [0.717, 1.165) is 13.1 Å². The van der Waals surface area contributed by atoms with Gasteiger partial charge in [-0.2, -0.15) is 0 Å². The van der Waals surface area contributed by atoms with E-state index in [1.807, 2.05) is 0 Å². The van der Waals surface area contributed by atoms with Crippen LogP contribution < -0.4 is 10.2 Å². The number of rotatable bonds is 5. The fourth-order valence-electron chi connectivity index (χ4n) is 3.32. The zero-order valence-corrected chi connectivity index (χ0v) is 13.2. The molecule has 0 spiro atoms. The average Bonchev–Trinajstić information content (AvgIpc) is 2.46. The number of para-hydroxylation sites is 1. The number of benzene rings is 1. The summed E-state index contributed by atoms with van der Waals surface area (Å²) in [7, 11) is 1.76. The molecule has 3 heteroatoms. The maximum absolute atomic E-state index is 5.34. The molecule has 0 aliphatic carbocycles. The lowest BCUT2D eigenvalue weighted by Gasteiger charge is -2.45. The van der Waals surface area contributed by atoms with E-state index in [2.05, 4.69) is 55.3 Å². The monoisotopic (exact) mass is 276 g/mol. The van der Waals surface area contributed by atoms with Crippen LogP contribution in [0.3, 0.4) is 0 Å². The summed E-state index contributed by atoms with van der Waals surface area (Å²) in [5.74, 6) is 0.652. The molecule has 1 aromatic rings. The number of piperidine rings is 1. The molecule has 1 fully saturated rings. The zero-order valence-electron chi connectivity index (χ0n) is 13.2. The topological polar surface area (TPSA) is 24.5 Å². The van der Waals surface area contributed by atoms with Crippen LogP contribution >= 0.6 is 0 Å². The first-order valence-corrected chi connectivity index (χ1v) is 7.75. The van der Waals surface area contributed by atoms with E-state index >= 15 is 0 Å². The molecule has 0 saturated carbocycles. The summed E-state index contributed by atoms with van der Waals surface area (Å²) in [5, 5.41) is 3.63. The fraction of sp³-hybridized carbons (Fsp3) is 0.647. The molecule has 0 aromatic heterocycles. The Balaban J connectivity index is 2.18. The van der Waals surface area contributed by atoms with Crippen LogP contribution in [-0.2, 0) is 11.3 Å². The minimum Gasteiger partial charge on any atom is -0.380 e. The molecule has 1 N–H and O–H groups in total. The molecule has 2 rings (SSSR count). The number of nitrogens with one attached hydrogen (secondary N) is 1. The second-order valence-electron chi connectivity index (χ2n) is 5.81. The largest absolute Gasteiger partial charge is 0.380 e. The molecule has 3 atom stereocenters. The lowest BCUT2D eigenvalue weighted by atomic mass is 9.86. The summed E-state index contributed by atoms with van der Waals surface area (Å²) >= 11 is 0. The minimum absolute atomic E-state index is 0.547. The quantitative estimate of drug-likeness (QED) is 0.894. The summed E-state index contributed by atoms with van der Waals surface area (Å²) in [5.41, 5.74) is 2.62. The number of hydrogen-bond donors (Lipinski definition) is 1. The van der Waals surface area contributed by atoms with E-state index in [4.69, 9.17) is 4.74 Å². The van der Waals surface area contributed by atoms with Gasteiger partial charge in [-0.1, -0.05) is 32.0 Å². The Hall–Kier alpha value is -1.06. The van der Waals surface area contributed by atoms with Crippen LogP contribution in [0.1, 0.15) is 32.8 Å². The van der Waals surface area contributed by atoms with Crippen molar-refractivity contribution in [3.8, 4) is 0 Å². The molecule has 3 unspecified atom stereocenters. The van der Waals surface area contributed by atoms with Gasteiger partial charge < -0.3 is 15.0 Å². The maximum atomic E-state index is 5.34. The van der Waals surface area contributed by atoms with Gasteiger partial charge in [-0.15, -0.1) is 0 Å². The summed E-state index contributed by atoms with van der Waals surface area (Å²) in [6.45, 7) is 9.76. The Labute approximate surface area is 123 Å². The molecule has 0 amide bonds. The molecule has 1 heterocycles. The Bertz CT molecular complexity index is 421. The third kappa shape index (κ3) is 3.15. The minimum atomic E-state index is 0.547. The number of nitrogens with zero attached hydrogens (tertiary/aromatic N) is 1. The van der Waals surface area contributed by atoms with Gasteiger partial charge in [0.1, 0.15) is 0 Å². The molecular formula is C17H28N2O. The SMILES string of the molecule is CCNC1CCN(c2ccccc2COC)C(C)C1C. The van der Waals surface area contributed by atoms with Crippen LogP contribution in [0.25, 0.3) is 0 Å². The van der Waals surface area contributed by atoms with Crippen molar-refractivity contribution in [3.05, 3.63) is 29.8 Å². The molecule has 3 nitrogen and oxygen atoms in total.